The van der Waals surface area contributed by atoms with Gasteiger partial charge in [-0.05, 0) is 60.9 Å². The van der Waals surface area contributed by atoms with E-state index >= 15 is 0 Å². The summed E-state index contributed by atoms with van der Waals surface area (Å²) in [5.41, 5.74) is 3.96. The summed E-state index contributed by atoms with van der Waals surface area (Å²) in [4.78, 5) is 17.0. The lowest BCUT2D eigenvalue weighted by molar-refractivity contribution is -0.143. The summed E-state index contributed by atoms with van der Waals surface area (Å²) < 4.78 is 17.8. The van der Waals surface area contributed by atoms with E-state index in [0.29, 0.717) is 31.9 Å². The third kappa shape index (κ3) is 7.06. The first-order valence-electron chi connectivity index (χ1n) is 11.8. The molecule has 4 aromatic rings. The first-order valence-corrected chi connectivity index (χ1v) is 12.6. The van der Waals surface area contributed by atoms with Gasteiger partial charge in [-0.1, -0.05) is 58.4 Å². The molecule has 0 aliphatic heterocycles. The highest BCUT2D eigenvalue weighted by atomic mass is 79.9. The molecular formula is C29H29BrN2O4. The van der Waals surface area contributed by atoms with Crippen LogP contribution in [0.25, 0.3) is 11.5 Å². The second kappa shape index (κ2) is 12.5. The quantitative estimate of drug-likeness (QED) is 0.235. The largest absolute Gasteiger partial charge is 0.493 e. The Balaban J connectivity index is 1.29. The van der Waals surface area contributed by atoms with Crippen molar-refractivity contribution in [2.24, 2.45) is 0 Å². The first kappa shape index (κ1) is 25.7. The van der Waals surface area contributed by atoms with Gasteiger partial charge in [0.25, 0.3) is 0 Å². The van der Waals surface area contributed by atoms with Crippen molar-refractivity contribution in [1.82, 2.24) is 10.3 Å². The number of oxazole rings is 1. The van der Waals surface area contributed by atoms with Gasteiger partial charge in [0.15, 0.2) is 0 Å². The molecule has 0 amide bonds. The molecule has 0 aliphatic rings. The Hall–Kier alpha value is -3.42. The molecular weight excluding hydrogens is 520 g/mol. The lowest BCUT2D eigenvalue weighted by atomic mass is 10.1. The van der Waals surface area contributed by atoms with Gasteiger partial charge in [0.05, 0.1) is 19.4 Å². The van der Waals surface area contributed by atoms with Crippen LogP contribution in [0.1, 0.15) is 22.6 Å². The summed E-state index contributed by atoms with van der Waals surface area (Å²) in [7, 11) is 1.41. The number of methoxy groups -OCH3 is 1. The molecule has 0 saturated heterocycles. The summed E-state index contributed by atoms with van der Waals surface area (Å²) in [6.07, 6.45) is 1.16. The number of benzene rings is 3. The van der Waals surface area contributed by atoms with E-state index in [1.54, 1.807) is 0 Å². The van der Waals surface area contributed by atoms with Crippen molar-refractivity contribution in [3.8, 4) is 17.2 Å². The molecule has 0 spiro atoms. The number of carbonyl (C=O) groups excluding carboxylic acids is 1. The van der Waals surface area contributed by atoms with Crippen molar-refractivity contribution in [1.29, 1.82) is 0 Å². The topological polar surface area (TPSA) is 73.6 Å². The predicted octanol–water partition coefficient (Wildman–Crippen LogP) is 5.91. The number of rotatable bonds is 11. The van der Waals surface area contributed by atoms with Gasteiger partial charge < -0.3 is 19.2 Å². The average Bonchev–Trinajstić information content (AvgIpc) is 3.28. The molecule has 0 saturated carbocycles. The van der Waals surface area contributed by atoms with Crippen molar-refractivity contribution in [2.75, 3.05) is 13.7 Å². The van der Waals surface area contributed by atoms with Crippen molar-refractivity contribution < 1.29 is 18.7 Å². The van der Waals surface area contributed by atoms with E-state index in [0.717, 1.165) is 38.4 Å². The van der Waals surface area contributed by atoms with Gasteiger partial charge in [-0.3, -0.25) is 4.79 Å². The summed E-state index contributed by atoms with van der Waals surface area (Å²) in [6.45, 7) is 2.98. The van der Waals surface area contributed by atoms with E-state index in [9.17, 15) is 4.79 Å². The van der Waals surface area contributed by atoms with Crippen LogP contribution in [0.15, 0.2) is 87.8 Å². The third-order valence-corrected chi connectivity index (χ3v) is 6.36. The zero-order valence-electron chi connectivity index (χ0n) is 20.4. The summed E-state index contributed by atoms with van der Waals surface area (Å²) in [5.74, 6) is 1.91. The fraction of sp³-hybridized carbons (Fsp3) is 0.241. The molecule has 7 heteroatoms. The van der Waals surface area contributed by atoms with Crippen molar-refractivity contribution >= 4 is 21.9 Å². The fourth-order valence-electron chi connectivity index (χ4n) is 3.81. The van der Waals surface area contributed by atoms with Gasteiger partial charge in [0.2, 0.25) is 5.89 Å². The number of nitrogens with zero attached hydrogens (tertiary/aromatic N) is 1. The van der Waals surface area contributed by atoms with Gasteiger partial charge in [0.1, 0.15) is 17.6 Å². The standard InChI is InChI=1S/C29H29BrN2O4/c1-20-26(32-28(36-20)23-6-4-3-5-7-23)16-17-35-25-14-10-21(11-15-25)18-27(29(33)34-2)31-19-22-8-12-24(30)13-9-22/h3-15,27,31H,16-19H2,1-2H3/t27-/m0/s1. The van der Waals surface area contributed by atoms with Crippen LogP contribution < -0.4 is 10.1 Å². The molecule has 1 aromatic heterocycles. The molecule has 36 heavy (non-hydrogen) atoms. The second-order valence-electron chi connectivity index (χ2n) is 8.42. The van der Waals surface area contributed by atoms with Gasteiger partial charge in [-0.2, -0.15) is 0 Å². The first-order chi connectivity index (χ1) is 17.5. The number of carbonyl (C=O) groups is 1. The van der Waals surface area contributed by atoms with Gasteiger partial charge in [-0.15, -0.1) is 0 Å². The highest BCUT2D eigenvalue weighted by Crippen LogP contribution is 2.22. The van der Waals surface area contributed by atoms with Crippen LogP contribution in [0, 0.1) is 6.92 Å². The van der Waals surface area contributed by atoms with Crippen molar-refractivity contribution in [3.63, 3.8) is 0 Å². The maximum atomic E-state index is 12.3. The molecule has 0 radical (unpaired) electrons. The SMILES string of the molecule is COC(=O)[C@H](Cc1ccc(OCCc2nc(-c3ccccc3)oc2C)cc1)NCc1ccc(Br)cc1. The molecule has 0 aliphatic carbocycles. The average molecular weight is 549 g/mol. The number of halogens is 1. The molecule has 3 aromatic carbocycles. The zero-order valence-corrected chi connectivity index (χ0v) is 22.0. The molecule has 6 nitrogen and oxygen atoms in total. The molecule has 186 valence electrons. The van der Waals surface area contributed by atoms with Crippen molar-refractivity contribution in [2.45, 2.75) is 32.4 Å². The summed E-state index contributed by atoms with van der Waals surface area (Å²) >= 11 is 3.44. The smallest absolute Gasteiger partial charge is 0.323 e. The molecule has 0 bridgehead atoms. The van der Waals surface area contributed by atoms with E-state index in [4.69, 9.17) is 13.9 Å². The highest BCUT2D eigenvalue weighted by molar-refractivity contribution is 9.10. The lowest BCUT2D eigenvalue weighted by Crippen LogP contribution is -2.39. The summed E-state index contributed by atoms with van der Waals surface area (Å²) in [6, 6.07) is 25.2. The van der Waals surface area contributed by atoms with Gasteiger partial charge in [-0.25, -0.2) is 4.98 Å². The monoisotopic (exact) mass is 548 g/mol. The number of hydrogen-bond donors (Lipinski definition) is 1. The predicted molar refractivity (Wildman–Crippen MR) is 143 cm³/mol. The van der Waals surface area contributed by atoms with Crippen LogP contribution in [0.3, 0.4) is 0 Å². The highest BCUT2D eigenvalue weighted by Gasteiger charge is 2.19. The van der Waals surface area contributed by atoms with Crippen LogP contribution in [0.5, 0.6) is 5.75 Å². The van der Waals surface area contributed by atoms with E-state index < -0.39 is 6.04 Å². The summed E-state index contributed by atoms with van der Waals surface area (Å²) in [5, 5.41) is 3.30. The number of aryl methyl sites for hydroxylation is 1. The molecule has 1 N–H and O–H groups in total. The number of hydrogen-bond acceptors (Lipinski definition) is 6. The molecule has 1 heterocycles. The fourth-order valence-corrected chi connectivity index (χ4v) is 4.08. The Morgan fingerprint density at radius 2 is 1.69 bits per heavy atom. The number of aromatic nitrogens is 1. The Kier molecular flexibility index (Phi) is 8.92. The minimum Gasteiger partial charge on any atom is -0.493 e. The van der Waals surface area contributed by atoms with Crippen LogP contribution in [0.2, 0.25) is 0 Å². The second-order valence-corrected chi connectivity index (χ2v) is 9.33. The Bertz CT molecular complexity index is 1250. The number of ether oxygens (including phenoxy) is 2. The third-order valence-electron chi connectivity index (χ3n) is 5.84. The van der Waals surface area contributed by atoms with E-state index in [-0.39, 0.29) is 5.97 Å². The number of nitrogens with one attached hydrogen (secondary N) is 1. The van der Waals surface area contributed by atoms with Crippen LogP contribution >= 0.6 is 15.9 Å². The Labute approximate surface area is 219 Å². The van der Waals surface area contributed by atoms with Crippen molar-refractivity contribution in [3.05, 3.63) is 106 Å². The minimum atomic E-state index is -0.445. The Morgan fingerprint density at radius 3 is 2.39 bits per heavy atom. The van der Waals surface area contributed by atoms with E-state index in [2.05, 4.69) is 26.2 Å². The van der Waals surface area contributed by atoms with Gasteiger partial charge in [0, 0.05) is 23.0 Å². The molecule has 0 unspecified atom stereocenters. The normalized spacial score (nSPS) is 11.8. The zero-order chi connectivity index (χ0) is 25.3. The number of esters is 1. The lowest BCUT2D eigenvalue weighted by Gasteiger charge is -2.17. The van der Waals surface area contributed by atoms with Crippen LogP contribution in [0.4, 0.5) is 0 Å². The molecule has 1 atom stereocenters. The van der Waals surface area contributed by atoms with E-state index in [1.165, 1.54) is 7.11 Å². The maximum Gasteiger partial charge on any atom is 0.323 e. The van der Waals surface area contributed by atoms with E-state index in [1.807, 2.05) is 85.8 Å². The van der Waals surface area contributed by atoms with Crippen LogP contribution in [-0.2, 0) is 28.9 Å². The maximum absolute atomic E-state index is 12.3. The Morgan fingerprint density at radius 1 is 1.00 bits per heavy atom. The minimum absolute atomic E-state index is 0.287. The van der Waals surface area contributed by atoms with Crippen LogP contribution in [-0.4, -0.2) is 30.7 Å². The molecule has 0 fully saturated rings. The molecule has 4 rings (SSSR count). The van der Waals surface area contributed by atoms with Gasteiger partial charge >= 0.3 is 5.97 Å².